The molecule has 0 radical (unpaired) electrons. The number of ether oxygens (including phenoxy) is 1. The second-order valence-electron chi connectivity index (χ2n) is 20.2. The highest BCUT2D eigenvalue weighted by molar-refractivity contribution is 7.90. The van der Waals surface area contributed by atoms with Crippen LogP contribution in [-0.4, -0.2) is 108 Å². The Kier molecular flexibility index (Phi) is 19.2. The number of anilines is 5. The normalized spacial score (nSPS) is 12.9. The van der Waals surface area contributed by atoms with Crippen molar-refractivity contribution in [2.24, 2.45) is 0 Å². The maximum atomic E-state index is 15.1. The third kappa shape index (κ3) is 13.9. The van der Waals surface area contributed by atoms with E-state index in [2.05, 4.69) is 41.5 Å². The SMILES string of the molecule is CCCNC(=O)c1ccc(C)c(-c2nc(NCCCN(CC)C(=O)OC(C)(C)C)nc3c2CNC(=O)N3c2c(F)cccc2F)c1.CCCNC(=O)c1ccc(C)c(-c2nc(S(C)(=O)=O)nc3c2CNC(=O)N3c2c(F)cccc2F)c1. The Balaban J connectivity index is 0.000000243. The minimum atomic E-state index is -4.01. The van der Waals surface area contributed by atoms with Crippen molar-refractivity contribution in [1.29, 1.82) is 0 Å². The number of para-hydroxylation sites is 2. The van der Waals surface area contributed by atoms with Gasteiger partial charge in [0.2, 0.25) is 20.9 Å². The zero-order chi connectivity index (χ0) is 59.8. The molecule has 4 heterocycles. The van der Waals surface area contributed by atoms with Crippen molar-refractivity contribution in [3.05, 3.63) is 129 Å². The molecule has 2 aromatic heterocycles. The van der Waals surface area contributed by atoms with Gasteiger partial charge in [-0.1, -0.05) is 38.1 Å². The van der Waals surface area contributed by atoms with Gasteiger partial charge in [0.25, 0.3) is 11.8 Å². The lowest BCUT2D eigenvalue weighted by molar-refractivity contribution is 0.0259. The number of nitrogens with zero attached hydrogens (tertiary/aromatic N) is 7. The van der Waals surface area contributed by atoms with Crippen LogP contribution in [0.2, 0.25) is 0 Å². The van der Waals surface area contributed by atoms with Gasteiger partial charge >= 0.3 is 18.2 Å². The number of urea groups is 2. The average Bonchev–Trinajstić information content (AvgIpc) is 2.43. The number of carbonyl (C=O) groups excluding carboxylic acids is 5. The molecule has 82 heavy (non-hydrogen) atoms. The average molecular weight is 1150 g/mol. The minimum Gasteiger partial charge on any atom is -0.444 e. The van der Waals surface area contributed by atoms with Crippen LogP contribution in [0.3, 0.4) is 0 Å². The first-order chi connectivity index (χ1) is 38.9. The van der Waals surface area contributed by atoms with E-state index in [4.69, 9.17) is 9.72 Å². The fourth-order valence-corrected chi connectivity index (χ4v) is 9.21. The first kappa shape index (κ1) is 60.9. The first-order valence-electron chi connectivity index (χ1n) is 26.4. The van der Waals surface area contributed by atoms with E-state index >= 15 is 8.78 Å². The molecule has 2 aliphatic heterocycles. The Labute approximate surface area is 472 Å². The van der Waals surface area contributed by atoms with Gasteiger partial charge in [-0.2, -0.15) is 9.97 Å². The summed E-state index contributed by atoms with van der Waals surface area (Å²) < 4.78 is 90.0. The highest BCUT2D eigenvalue weighted by Crippen LogP contribution is 2.41. The zero-order valence-corrected chi connectivity index (χ0v) is 47.6. The molecule has 0 aliphatic carbocycles. The summed E-state index contributed by atoms with van der Waals surface area (Å²) in [6.07, 6.45) is 2.48. The highest BCUT2D eigenvalue weighted by atomic mass is 32.2. The quantitative estimate of drug-likeness (QED) is 0.0324. The summed E-state index contributed by atoms with van der Waals surface area (Å²) >= 11 is 0. The van der Waals surface area contributed by atoms with Crippen LogP contribution < -0.4 is 36.4 Å². The first-order valence-corrected chi connectivity index (χ1v) is 28.3. The van der Waals surface area contributed by atoms with E-state index in [1.54, 1.807) is 69.0 Å². The number of aromatic nitrogens is 4. The van der Waals surface area contributed by atoms with E-state index in [1.807, 2.05) is 27.7 Å². The van der Waals surface area contributed by atoms with Crippen LogP contribution in [0.4, 0.5) is 60.9 Å². The number of carbonyl (C=O) groups is 5. The van der Waals surface area contributed by atoms with E-state index in [9.17, 15) is 41.2 Å². The molecular weight excluding hydrogens is 1090 g/mol. The summed E-state index contributed by atoms with van der Waals surface area (Å²) in [7, 11) is -4.01. The Morgan fingerprint density at radius 3 is 1.55 bits per heavy atom. The van der Waals surface area contributed by atoms with Gasteiger partial charge in [-0.15, -0.1) is 0 Å². The zero-order valence-electron chi connectivity index (χ0n) is 46.8. The van der Waals surface area contributed by atoms with Crippen molar-refractivity contribution in [2.75, 3.05) is 54.1 Å². The Bertz CT molecular complexity index is 3530. The van der Waals surface area contributed by atoms with Crippen LogP contribution in [0.15, 0.2) is 78.0 Å². The largest absolute Gasteiger partial charge is 0.444 e. The fraction of sp³-hybridized carbons (Fsp3) is 0.351. The molecule has 0 unspecified atom stereocenters. The van der Waals surface area contributed by atoms with Gasteiger partial charge in [0.1, 0.15) is 40.2 Å². The van der Waals surface area contributed by atoms with Crippen molar-refractivity contribution in [3.63, 3.8) is 0 Å². The molecule has 0 fully saturated rings. The summed E-state index contributed by atoms with van der Waals surface area (Å²) in [5, 5.41) is 13.4. The van der Waals surface area contributed by atoms with Gasteiger partial charge in [0, 0.05) is 72.4 Å². The number of fused-ring (bicyclic) bond motifs is 2. The van der Waals surface area contributed by atoms with Gasteiger partial charge in [0.05, 0.1) is 24.5 Å². The maximum absolute atomic E-state index is 15.1. The molecular formula is C57H64F4N12O8S. The van der Waals surface area contributed by atoms with Gasteiger partial charge in [-0.05, 0) is 120 Å². The van der Waals surface area contributed by atoms with Crippen molar-refractivity contribution in [1.82, 2.24) is 46.1 Å². The van der Waals surface area contributed by atoms with E-state index in [0.29, 0.717) is 83.1 Å². The van der Waals surface area contributed by atoms with Crippen LogP contribution >= 0.6 is 0 Å². The number of hydrogen-bond donors (Lipinski definition) is 5. The lowest BCUT2D eigenvalue weighted by atomic mass is 9.97. The number of amides is 7. The number of benzene rings is 4. The molecule has 20 nitrogen and oxygen atoms in total. The Morgan fingerprint density at radius 2 is 1.12 bits per heavy atom. The number of sulfone groups is 1. The van der Waals surface area contributed by atoms with Crippen molar-refractivity contribution in [2.45, 2.75) is 98.5 Å². The molecule has 0 saturated heterocycles. The second kappa shape index (κ2) is 25.8. The summed E-state index contributed by atoms with van der Waals surface area (Å²) in [6.45, 7) is 16.7. The number of aryl methyl sites for hydroxylation is 2. The lowest BCUT2D eigenvalue weighted by Gasteiger charge is -2.31. The van der Waals surface area contributed by atoms with Gasteiger partial charge in [-0.3, -0.25) is 9.59 Å². The summed E-state index contributed by atoms with van der Waals surface area (Å²) in [4.78, 5) is 84.7. The monoisotopic (exact) mass is 1150 g/mol. The van der Waals surface area contributed by atoms with E-state index < -0.39 is 73.4 Å². The Morgan fingerprint density at radius 1 is 0.671 bits per heavy atom. The van der Waals surface area contributed by atoms with Gasteiger partial charge in [0.15, 0.2) is 11.6 Å². The van der Waals surface area contributed by atoms with Crippen LogP contribution in [0, 0.1) is 37.1 Å². The second-order valence-corrected chi connectivity index (χ2v) is 22.1. The number of nitrogens with one attached hydrogen (secondary N) is 5. The fourth-order valence-electron chi connectivity index (χ4n) is 8.70. The van der Waals surface area contributed by atoms with E-state index in [0.717, 1.165) is 59.9 Å². The van der Waals surface area contributed by atoms with Crippen LogP contribution in [-0.2, 0) is 27.7 Å². The summed E-state index contributed by atoms with van der Waals surface area (Å²) in [5.41, 5.74) is 2.43. The predicted octanol–water partition coefficient (Wildman–Crippen LogP) is 9.93. The molecule has 0 bridgehead atoms. The Hall–Kier alpha value is -8.74. The number of rotatable bonds is 17. The molecule has 25 heteroatoms. The molecule has 0 saturated carbocycles. The highest BCUT2D eigenvalue weighted by Gasteiger charge is 2.37. The molecule has 2 aliphatic rings. The van der Waals surface area contributed by atoms with Crippen LogP contribution in [0.1, 0.15) is 104 Å². The third-order valence-corrected chi connectivity index (χ3v) is 13.6. The van der Waals surface area contributed by atoms with Gasteiger partial charge in [-0.25, -0.2) is 60.1 Å². The molecule has 0 spiro atoms. The number of hydrogen-bond acceptors (Lipinski definition) is 13. The van der Waals surface area contributed by atoms with Crippen molar-refractivity contribution >= 4 is 68.8 Å². The smallest absolute Gasteiger partial charge is 0.410 e. The molecule has 6 aromatic rings. The van der Waals surface area contributed by atoms with Crippen LogP contribution in [0.5, 0.6) is 0 Å². The van der Waals surface area contributed by atoms with E-state index in [1.165, 1.54) is 6.07 Å². The maximum Gasteiger partial charge on any atom is 0.410 e. The minimum absolute atomic E-state index is 0.00410. The third-order valence-electron chi connectivity index (χ3n) is 12.8. The lowest BCUT2D eigenvalue weighted by Crippen LogP contribution is -2.43. The topological polar surface area (TPSA) is 250 Å². The molecule has 0 atom stereocenters. The van der Waals surface area contributed by atoms with Crippen molar-refractivity contribution in [3.8, 4) is 22.5 Å². The summed E-state index contributed by atoms with van der Waals surface area (Å²) in [5.74, 6) is -4.69. The molecule has 8 rings (SSSR count). The van der Waals surface area contributed by atoms with Gasteiger partial charge < -0.3 is 36.2 Å². The molecule has 4 aromatic carbocycles. The predicted molar refractivity (Wildman–Crippen MR) is 301 cm³/mol. The molecule has 434 valence electrons. The summed E-state index contributed by atoms with van der Waals surface area (Å²) in [6, 6.07) is 14.9. The van der Waals surface area contributed by atoms with E-state index in [-0.39, 0.29) is 53.7 Å². The standard InChI is InChI=1S/C33H41F2N7O4.C24H23F2N5O4S/c1-7-15-36-29(43)21-14-13-20(3)22(18-21)26-23-19-38-31(44)42(27-24(34)11-9-12-25(27)35)28(23)40-30(39-26)37-16-10-17-41(8-2)32(45)46-33(4,5)6;1-4-10-27-22(32)14-9-8-13(2)15(11-14)19-16-12-28-24(33)31(20-17(25)6-5-7-18(20)26)21(16)30-23(29-19)36(3,34)35/h9,11-14,18H,7-8,10,15-17,19H2,1-6H3,(H,36,43)(H,38,44)(H,37,39,40);5-9,11H,4,10,12H2,1-3H3,(H,27,32)(H,28,33). The molecule has 7 amide bonds. The molecule has 5 N–H and O–H groups in total. The van der Waals surface area contributed by atoms with Crippen LogP contribution in [0.25, 0.3) is 22.5 Å². The number of halogens is 4. The van der Waals surface area contributed by atoms with Crippen molar-refractivity contribution < 1.29 is 54.7 Å².